The molecule has 0 unspecified atom stereocenters. The second kappa shape index (κ2) is 9.10. The minimum Gasteiger partial charge on any atom is -0.324 e. The number of alkyl halides is 3. The number of likely N-dealkylation sites (tertiary alicyclic amines) is 1. The molecule has 11 heteroatoms. The molecule has 2 aromatic rings. The van der Waals surface area contributed by atoms with Crippen molar-refractivity contribution in [3.8, 4) is 0 Å². The molecule has 1 aliphatic heterocycles. The highest BCUT2D eigenvalue weighted by molar-refractivity contribution is 7.13. The summed E-state index contributed by atoms with van der Waals surface area (Å²) in [5.41, 5.74) is -1.35. The average Bonchev–Trinajstić information content (AvgIpc) is 3.15. The second-order valence-corrected chi connectivity index (χ2v) is 7.97. The topological polar surface area (TPSA) is 74.3 Å². The Kier molecular flexibility index (Phi) is 6.76. The maximum atomic E-state index is 13.2. The van der Waals surface area contributed by atoms with E-state index < -0.39 is 17.6 Å². The third kappa shape index (κ3) is 5.91. The highest BCUT2D eigenvalue weighted by atomic mass is 35.5. The summed E-state index contributed by atoms with van der Waals surface area (Å²) in [5, 5.41) is 7.23. The van der Waals surface area contributed by atoms with E-state index in [0.29, 0.717) is 31.1 Å². The zero-order valence-corrected chi connectivity index (χ0v) is 16.7. The number of nitrogens with zero attached hydrogens (tertiary/aromatic N) is 2. The molecule has 1 fully saturated rings. The Morgan fingerprint density at radius 2 is 2.10 bits per heavy atom. The largest absolute Gasteiger partial charge is 0.418 e. The van der Waals surface area contributed by atoms with E-state index in [1.807, 2.05) is 0 Å². The lowest BCUT2D eigenvalue weighted by Gasteiger charge is -2.31. The Balaban J connectivity index is 1.59. The first-order chi connectivity index (χ1) is 13.7. The number of rotatable bonds is 5. The van der Waals surface area contributed by atoms with E-state index in [9.17, 15) is 22.8 Å². The normalized spacial score (nSPS) is 17.7. The Morgan fingerprint density at radius 3 is 2.79 bits per heavy atom. The number of nitrogens with one attached hydrogen (secondary N) is 2. The van der Waals surface area contributed by atoms with Crippen LogP contribution in [0, 0.1) is 5.92 Å². The molecule has 0 spiro atoms. The zero-order valence-electron chi connectivity index (χ0n) is 15.1. The Morgan fingerprint density at radius 1 is 1.31 bits per heavy atom. The summed E-state index contributed by atoms with van der Waals surface area (Å²) < 4.78 is 39.5. The lowest BCUT2D eigenvalue weighted by atomic mass is 9.97. The summed E-state index contributed by atoms with van der Waals surface area (Å²) in [7, 11) is 0. The summed E-state index contributed by atoms with van der Waals surface area (Å²) in [5.74, 6) is -1.08. The number of halogens is 4. The smallest absolute Gasteiger partial charge is 0.324 e. The standard InChI is InChI=1S/C18H18ClF3N4O2S/c19-12-3-4-14(13(8-12)18(20,21)22)24-15(27)10-26-6-1-2-11(9-26)16(28)25-17-23-5-7-29-17/h3-5,7-8,11H,1-2,6,9-10H2,(H,24,27)(H,23,25,28)/t11-/m0/s1. The third-order valence-corrected chi connectivity index (χ3v) is 5.39. The molecule has 156 valence electrons. The number of carbonyl (C=O) groups excluding carboxylic acids is 2. The molecule has 0 bridgehead atoms. The third-order valence-electron chi connectivity index (χ3n) is 4.47. The van der Waals surface area contributed by atoms with E-state index in [-0.39, 0.29) is 29.1 Å². The predicted molar refractivity (Wildman–Crippen MR) is 105 cm³/mol. The maximum Gasteiger partial charge on any atom is 0.418 e. The molecule has 2 heterocycles. The van der Waals surface area contributed by atoms with Gasteiger partial charge in [0.25, 0.3) is 0 Å². The quantitative estimate of drug-likeness (QED) is 0.725. The van der Waals surface area contributed by atoms with Crippen LogP contribution in [-0.4, -0.2) is 41.3 Å². The molecule has 1 saturated heterocycles. The fourth-order valence-electron chi connectivity index (χ4n) is 3.16. The first kappa shape index (κ1) is 21.5. The predicted octanol–water partition coefficient (Wildman–Crippen LogP) is 4.10. The number of carbonyl (C=O) groups is 2. The van der Waals surface area contributed by atoms with Crippen LogP contribution in [-0.2, 0) is 15.8 Å². The van der Waals surface area contributed by atoms with Gasteiger partial charge in [-0.1, -0.05) is 11.6 Å². The number of hydrogen-bond acceptors (Lipinski definition) is 5. The van der Waals surface area contributed by atoms with Crippen molar-refractivity contribution >= 4 is 45.6 Å². The molecule has 6 nitrogen and oxygen atoms in total. The van der Waals surface area contributed by atoms with Gasteiger partial charge in [-0.05, 0) is 37.6 Å². The molecule has 0 saturated carbocycles. The van der Waals surface area contributed by atoms with Crippen molar-refractivity contribution < 1.29 is 22.8 Å². The fraction of sp³-hybridized carbons (Fsp3) is 0.389. The summed E-state index contributed by atoms with van der Waals surface area (Å²) in [6.45, 7) is 0.819. The first-order valence-electron chi connectivity index (χ1n) is 8.81. The molecule has 1 aromatic carbocycles. The van der Waals surface area contributed by atoms with Crippen LogP contribution >= 0.6 is 22.9 Å². The number of benzene rings is 1. The molecule has 1 aromatic heterocycles. The van der Waals surface area contributed by atoms with Gasteiger partial charge in [0.2, 0.25) is 11.8 Å². The number of aromatic nitrogens is 1. The van der Waals surface area contributed by atoms with Crippen molar-refractivity contribution in [2.24, 2.45) is 5.92 Å². The van der Waals surface area contributed by atoms with E-state index in [0.717, 1.165) is 12.1 Å². The van der Waals surface area contributed by atoms with Crippen LogP contribution < -0.4 is 10.6 Å². The molecule has 0 radical (unpaired) electrons. The monoisotopic (exact) mass is 446 g/mol. The van der Waals surface area contributed by atoms with E-state index >= 15 is 0 Å². The number of piperidine rings is 1. The van der Waals surface area contributed by atoms with Crippen LogP contribution in [0.1, 0.15) is 18.4 Å². The zero-order chi connectivity index (χ0) is 21.0. The fourth-order valence-corrected chi connectivity index (χ4v) is 3.86. The van der Waals surface area contributed by atoms with E-state index in [2.05, 4.69) is 15.6 Å². The molecule has 29 heavy (non-hydrogen) atoms. The van der Waals surface area contributed by atoms with Gasteiger partial charge in [-0.3, -0.25) is 14.5 Å². The molecular formula is C18H18ClF3N4O2S. The Bertz CT molecular complexity index is 876. The van der Waals surface area contributed by atoms with Gasteiger partial charge in [0.1, 0.15) is 0 Å². The van der Waals surface area contributed by atoms with Crippen LogP contribution in [0.3, 0.4) is 0 Å². The van der Waals surface area contributed by atoms with Crippen LogP contribution in [0.2, 0.25) is 5.02 Å². The van der Waals surface area contributed by atoms with Gasteiger partial charge in [0, 0.05) is 23.1 Å². The van der Waals surface area contributed by atoms with Crippen molar-refractivity contribution in [2.45, 2.75) is 19.0 Å². The molecule has 2 amide bonds. The first-order valence-corrected chi connectivity index (χ1v) is 10.1. The van der Waals surface area contributed by atoms with Gasteiger partial charge in [0.15, 0.2) is 5.13 Å². The summed E-state index contributed by atoms with van der Waals surface area (Å²) >= 11 is 6.96. The summed E-state index contributed by atoms with van der Waals surface area (Å²) in [6, 6.07) is 3.19. The highest BCUT2D eigenvalue weighted by Crippen LogP contribution is 2.36. The molecule has 3 rings (SSSR count). The van der Waals surface area contributed by atoms with Gasteiger partial charge in [-0.15, -0.1) is 11.3 Å². The summed E-state index contributed by atoms with van der Waals surface area (Å²) in [4.78, 5) is 30.4. The van der Waals surface area contributed by atoms with Crippen LogP contribution in [0.4, 0.5) is 24.0 Å². The SMILES string of the molecule is O=C(CN1CCC[C@H](C(=O)Nc2nccs2)C1)Nc1ccc(Cl)cc1C(F)(F)F. The Labute approximate surface area is 174 Å². The highest BCUT2D eigenvalue weighted by Gasteiger charge is 2.34. The van der Waals surface area contributed by atoms with Crippen molar-refractivity contribution in [1.82, 2.24) is 9.88 Å². The maximum absolute atomic E-state index is 13.2. The van der Waals surface area contributed by atoms with Crippen LogP contribution in [0.25, 0.3) is 0 Å². The minimum absolute atomic E-state index is 0.0690. The molecule has 1 aliphatic rings. The van der Waals surface area contributed by atoms with Gasteiger partial charge < -0.3 is 10.6 Å². The van der Waals surface area contributed by atoms with E-state index in [1.165, 1.54) is 17.4 Å². The molecule has 1 atom stereocenters. The summed E-state index contributed by atoms with van der Waals surface area (Å²) in [6.07, 6.45) is -1.68. The van der Waals surface area contributed by atoms with Crippen molar-refractivity contribution in [1.29, 1.82) is 0 Å². The average molecular weight is 447 g/mol. The Hall–Kier alpha value is -2.17. The van der Waals surface area contributed by atoms with E-state index in [1.54, 1.807) is 16.5 Å². The lowest BCUT2D eigenvalue weighted by molar-refractivity contribution is -0.137. The van der Waals surface area contributed by atoms with E-state index in [4.69, 9.17) is 11.6 Å². The number of thiazole rings is 1. The lowest BCUT2D eigenvalue weighted by Crippen LogP contribution is -2.44. The van der Waals surface area contributed by atoms with Gasteiger partial charge in [0.05, 0.1) is 23.7 Å². The molecule has 0 aliphatic carbocycles. The number of hydrogen-bond donors (Lipinski definition) is 2. The second-order valence-electron chi connectivity index (χ2n) is 6.64. The number of amides is 2. The van der Waals surface area contributed by atoms with Crippen LogP contribution in [0.15, 0.2) is 29.8 Å². The minimum atomic E-state index is -4.64. The van der Waals surface area contributed by atoms with Crippen LogP contribution in [0.5, 0.6) is 0 Å². The number of anilines is 2. The van der Waals surface area contributed by atoms with Crippen molar-refractivity contribution in [3.63, 3.8) is 0 Å². The van der Waals surface area contributed by atoms with Gasteiger partial charge in [-0.25, -0.2) is 4.98 Å². The van der Waals surface area contributed by atoms with Gasteiger partial charge in [-0.2, -0.15) is 13.2 Å². The van der Waals surface area contributed by atoms with Crippen molar-refractivity contribution in [3.05, 3.63) is 40.4 Å². The van der Waals surface area contributed by atoms with Crippen molar-refractivity contribution in [2.75, 3.05) is 30.3 Å². The van der Waals surface area contributed by atoms with Gasteiger partial charge >= 0.3 is 6.18 Å². The molecular weight excluding hydrogens is 429 g/mol. The molecule has 2 N–H and O–H groups in total.